The Kier molecular flexibility index (Phi) is 7.32. The minimum atomic E-state index is -0.207. The summed E-state index contributed by atoms with van der Waals surface area (Å²) in [4.78, 5) is 27.3. The molecule has 0 unspecified atom stereocenters. The standard InChI is InChI=1S/C25H23ClN4O2S/c1-2-14-30(24(32)20-8-7-17-5-3-4-6-19(17)16-20)15-13-22(31)27-25-29-28-23(33-25)18-9-11-21(26)12-10-18/h3-12,16H,2,13-15H2,1H3,(H,27,29,31). The molecule has 0 saturated carbocycles. The zero-order chi connectivity index (χ0) is 23.2. The Labute approximate surface area is 201 Å². The van der Waals surface area contributed by atoms with Gasteiger partial charge in [0.15, 0.2) is 0 Å². The number of fused-ring (bicyclic) bond motifs is 1. The number of amides is 2. The molecule has 0 saturated heterocycles. The van der Waals surface area contributed by atoms with Gasteiger partial charge in [0.25, 0.3) is 5.91 Å². The summed E-state index contributed by atoms with van der Waals surface area (Å²) in [6, 6.07) is 20.9. The smallest absolute Gasteiger partial charge is 0.253 e. The highest BCUT2D eigenvalue weighted by atomic mass is 35.5. The Balaban J connectivity index is 1.37. The van der Waals surface area contributed by atoms with Crippen LogP contribution in [0.4, 0.5) is 5.13 Å². The van der Waals surface area contributed by atoms with Gasteiger partial charge in [0, 0.05) is 35.7 Å². The van der Waals surface area contributed by atoms with Crippen LogP contribution in [0, 0.1) is 0 Å². The largest absolute Gasteiger partial charge is 0.338 e. The third-order valence-electron chi connectivity index (χ3n) is 5.15. The molecular formula is C25H23ClN4O2S. The van der Waals surface area contributed by atoms with Crippen molar-refractivity contribution in [1.82, 2.24) is 15.1 Å². The molecule has 0 atom stereocenters. The van der Waals surface area contributed by atoms with Crippen LogP contribution in [0.2, 0.25) is 5.02 Å². The molecule has 3 aromatic carbocycles. The zero-order valence-corrected chi connectivity index (χ0v) is 19.7. The lowest BCUT2D eigenvalue weighted by atomic mass is 10.1. The Morgan fingerprint density at radius 3 is 2.48 bits per heavy atom. The molecule has 33 heavy (non-hydrogen) atoms. The number of carbonyl (C=O) groups excluding carboxylic acids is 2. The van der Waals surface area contributed by atoms with E-state index in [2.05, 4.69) is 15.5 Å². The van der Waals surface area contributed by atoms with E-state index in [0.717, 1.165) is 22.8 Å². The topological polar surface area (TPSA) is 75.2 Å². The maximum Gasteiger partial charge on any atom is 0.253 e. The molecule has 1 heterocycles. The molecule has 8 heteroatoms. The molecule has 0 aliphatic rings. The Bertz CT molecular complexity index is 1270. The fourth-order valence-corrected chi connectivity index (χ4v) is 4.38. The minimum Gasteiger partial charge on any atom is -0.338 e. The highest BCUT2D eigenvalue weighted by Crippen LogP contribution is 2.27. The summed E-state index contributed by atoms with van der Waals surface area (Å²) in [5.74, 6) is -0.280. The highest BCUT2D eigenvalue weighted by Gasteiger charge is 2.17. The number of halogens is 1. The third kappa shape index (κ3) is 5.74. The molecule has 1 N–H and O–H groups in total. The number of hydrogen-bond donors (Lipinski definition) is 1. The molecule has 0 bridgehead atoms. The van der Waals surface area contributed by atoms with Gasteiger partial charge in [0.05, 0.1) is 0 Å². The van der Waals surface area contributed by atoms with E-state index in [0.29, 0.717) is 33.8 Å². The molecule has 168 valence electrons. The van der Waals surface area contributed by atoms with Crippen LogP contribution in [0.3, 0.4) is 0 Å². The van der Waals surface area contributed by atoms with Gasteiger partial charge in [-0.05, 0) is 41.5 Å². The van der Waals surface area contributed by atoms with Gasteiger partial charge in [-0.2, -0.15) is 0 Å². The molecule has 1 aromatic heterocycles. The van der Waals surface area contributed by atoms with E-state index in [1.165, 1.54) is 11.3 Å². The van der Waals surface area contributed by atoms with Crippen LogP contribution in [0.25, 0.3) is 21.3 Å². The first kappa shape index (κ1) is 22.9. The van der Waals surface area contributed by atoms with Gasteiger partial charge in [-0.3, -0.25) is 9.59 Å². The molecule has 0 spiro atoms. The van der Waals surface area contributed by atoms with Crippen molar-refractivity contribution in [2.24, 2.45) is 0 Å². The average molecular weight is 479 g/mol. The maximum atomic E-state index is 13.1. The van der Waals surface area contributed by atoms with Crippen molar-refractivity contribution >= 4 is 50.7 Å². The van der Waals surface area contributed by atoms with Crippen molar-refractivity contribution in [3.8, 4) is 10.6 Å². The lowest BCUT2D eigenvalue weighted by Gasteiger charge is -2.22. The van der Waals surface area contributed by atoms with Crippen LogP contribution in [-0.4, -0.2) is 40.0 Å². The molecule has 2 amide bonds. The number of carbonyl (C=O) groups is 2. The second-order valence-corrected chi connectivity index (χ2v) is 8.99. The maximum absolute atomic E-state index is 13.1. The molecule has 0 aliphatic heterocycles. The number of aromatic nitrogens is 2. The van der Waals surface area contributed by atoms with Crippen molar-refractivity contribution < 1.29 is 9.59 Å². The van der Waals surface area contributed by atoms with Crippen molar-refractivity contribution in [2.45, 2.75) is 19.8 Å². The molecule has 0 aliphatic carbocycles. The molecule has 4 rings (SSSR count). The Morgan fingerprint density at radius 2 is 1.73 bits per heavy atom. The average Bonchev–Trinajstić information content (AvgIpc) is 3.29. The number of anilines is 1. The highest BCUT2D eigenvalue weighted by molar-refractivity contribution is 7.18. The fraction of sp³-hybridized carbons (Fsp3) is 0.200. The number of hydrogen-bond acceptors (Lipinski definition) is 5. The van der Waals surface area contributed by atoms with Gasteiger partial charge < -0.3 is 10.2 Å². The van der Waals surface area contributed by atoms with Crippen molar-refractivity contribution in [3.63, 3.8) is 0 Å². The van der Waals surface area contributed by atoms with E-state index >= 15 is 0 Å². The predicted molar refractivity (Wildman–Crippen MR) is 134 cm³/mol. The summed E-state index contributed by atoms with van der Waals surface area (Å²) < 4.78 is 0. The van der Waals surface area contributed by atoms with E-state index in [9.17, 15) is 9.59 Å². The van der Waals surface area contributed by atoms with Crippen molar-refractivity contribution in [1.29, 1.82) is 0 Å². The summed E-state index contributed by atoms with van der Waals surface area (Å²) >= 11 is 7.22. The second kappa shape index (κ2) is 10.6. The number of benzene rings is 3. The van der Waals surface area contributed by atoms with Crippen LogP contribution in [0.5, 0.6) is 0 Å². The van der Waals surface area contributed by atoms with Gasteiger partial charge in [0.2, 0.25) is 11.0 Å². The van der Waals surface area contributed by atoms with Gasteiger partial charge >= 0.3 is 0 Å². The number of nitrogens with zero attached hydrogens (tertiary/aromatic N) is 3. The second-order valence-electron chi connectivity index (χ2n) is 7.57. The normalized spacial score (nSPS) is 10.8. The lowest BCUT2D eigenvalue weighted by Crippen LogP contribution is -2.34. The van der Waals surface area contributed by atoms with Crippen LogP contribution >= 0.6 is 22.9 Å². The Morgan fingerprint density at radius 1 is 0.970 bits per heavy atom. The van der Waals surface area contributed by atoms with Gasteiger partial charge in [-0.25, -0.2) is 0 Å². The van der Waals surface area contributed by atoms with Gasteiger partial charge in [-0.1, -0.05) is 72.3 Å². The van der Waals surface area contributed by atoms with E-state index in [1.807, 2.05) is 61.5 Å². The fourth-order valence-electron chi connectivity index (χ4n) is 3.49. The monoisotopic (exact) mass is 478 g/mol. The SMILES string of the molecule is CCCN(CCC(=O)Nc1nnc(-c2ccc(Cl)cc2)s1)C(=O)c1ccc2ccccc2c1. The minimum absolute atomic E-state index is 0.0728. The molecule has 0 radical (unpaired) electrons. The van der Waals surface area contributed by atoms with Gasteiger partial charge in [0.1, 0.15) is 5.01 Å². The van der Waals surface area contributed by atoms with Crippen LogP contribution < -0.4 is 5.32 Å². The molecular weight excluding hydrogens is 456 g/mol. The van der Waals surface area contributed by atoms with Crippen LogP contribution in [-0.2, 0) is 4.79 Å². The van der Waals surface area contributed by atoms with Crippen molar-refractivity contribution in [3.05, 3.63) is 77.3 Å². The quantitative estimate of drug-likeness (QED) is 0.342. The van der Waals surface area contributed by atoms with Gasteiger partial charge in [-0.15, -0.1) is 10.2 Å². The lowest BCUT2D eigenvalue weighted by molar-refractivity contribution is -0.116. The summed E-state index contributed by atoms with van der Waals surface area (Å²) in [5.41, 5.74) is 1.51. The first-order valence-electron chi connectivity index (χ1n) is 10.7. The molecule has 4 aromatic rings. The summed E-state index contributed by atoms with van der Waals surface area (Å²) in [5, 5.41) is 14.8. The van der Waals surface area contributed by atoms with Crippen LogP contribution in [0.15, 0.2) is 66.7 Å². The van der Waals surface area contributed by atoms with E-state index in [1.54, 1.807) is 17.0 Å². The van der Waals surface area contributed by atoms with E-state index in [-0.39, 0.29) is 18.2 Å². The third-order valence-corrected chi connectivity index (χ3v) is 6.29. The zero-order valence-electron chi connectivity index (χ0n) is 18.1. The summed E-state index contributed by atoms with van der Waals surface area (Å²) in [7, 11) is 0. The number of rotatable bonds is 8. The predicted octanol–water partition coefficient (Wildman–Crippen LogP) is 5.89. The van der Waals surface area contributed by atoms with Crippen molar-refractivity contribution in [2.75, 3.05) is 18.4 Å². The Hall–Kier alpha value is -3.29. The number of nitrogens with one attached hydrogen (secondary N) is 1. The first-order chi connectivity index (χ1) is 16.0. The van der Waals surface area contributed by atoms with Crippen LogP contribution in [0.1, 0.15) is 30.1 Å². The first-order valence-corrected chi connectivity index (χ1v) is 11.9. The van der Waals surface area contributed by atoms with E-state index < -0.39 is 0 Å². The summed E-state index contributed by atoms with van der Waals surface area (Å²) in [6.07, 6.45) is 0.983. The molecule has 6 nitrogen and oxygen atoms in total. The molecule has 0 fully saturated rings. The van der Waals surface area contributed by atoms with E-state index in [4.69, 9.17) is 11.6 Å². The summed E-state index contributed by atoms with van der Waals surface area (Å²) in [6.45, 7) is 2.92.